The van der Waals surface area contributed by atoms with Crippen LogP contribution in [0.5, 0.6) is 0 Å². The molecule has 0 bridgehead atoms. The minimum absolute atomic E-state index is 0.667. The number of halogens is 1. The van der Waals surface area contributed by atoms with Gasteiger partial charge in [0.25, 0.3) is 0 Å². The van der Waals surface area contributed by atoms with Gasteiger partial charge in [-0.15, -0.1) is 10.2 Å². The molecule has 0 saturated heterocycles. The van der Waals surface area contributed by atoms with Crippen molar-refractivity contribution < 1.29 is 0 Å². The molecule has 3 heterocycles. The fourth-order valence-corrected chi connectivity index (χ4v) is 3.24. The topological polar surface area (TPSA) is 30.2 Å². The summed E-state index contributed by atoms with van der Waals surface area (Å²) in [5.74, 6) is 0.796. The lowest BCUT2D eigenvalue weighted by molar-refractivity contribution is 1.11. The van der Waals surface area contributed by atoms with Gasteiger partial charge in [0.2, 0.25) is 0 Å². The van der Waals surface area contributed by atoms with E-state index in [-0.39, 0.29) is 0 Å². The minimum atomic E-state index is 0.667. The van der Waals surface area contributed by atoms with Crippen LogP contribution in [0.1, 0.15) is 0 Å². The van der Waals surface area contributed by atoms with Gasteiger partial charge in [0.05, 0.1) is 5.02 Å². The molecule has 0 aliphatic carbocycles. The van der Waals surface area contributed by atoms with E-state index in [4.69, 9.17) is 11.6 Å². The van der Waals surface area contributed by atoms with Gasteiger partial charge in [0.1, 0.15) is 0 Å². The molecule has 0 unspecified atom stereocenters. The normalized spacial score (nSPS) is 11.1. The third-order valence-corrected chi connectivity index (χ3v) is 4.23. The van der Waals surface area contributed by atoms with Crippen LogP contribution in [0.2, 0.25) is 5.02 Å². The minimum Gasteiger partial charge on any atom is -0.280 e. The second-order valence-corrected chi connectivity index (χ2v) is 5.88. The van der Waals surface area contributed by atoms with Crippen LogP contribution >= 0.6 is 22.9 Å². The molecular weight excluding hydrogens is 302 g/mol. The summed E-state index contributed by atoms with van der Waals surface area (Å²) >= 11 is 7.94. The molecule has 0 radical (unpaired) electrons. The molecule has 5 heteroatoms. The second kappa shape index (κ2) is 4.98. The van der Waals surface area contributed by atoms with Gasteiger partial charge in [-0.2, -0.15) is 11.3 Å². The van der Waals surface area contributed by atoms with Crippen molar-refractivity contribution in [2.24, 2.45) is 0 Å². The molecule has 0 atom stereocenters. The quantitative estimate of drug-likeness (QED) is 0.533. The van der Waals surface area contributed by atoms with Crippen molar-refractivity contribution in [1.82, 2.24) is 14.6 Å². The Morgan fingerprint density at radius 3 is 2.62 bits per heavy atom. The Kier molecular flexibility index (Phi) is 2.98. The molecule has 0 amide bonds. The van der Waals surface area contributed by atoms with Gasteiger partial charge in [-0.1, -0.05) is 41.9 Å². The first kappa shape index (κ1) is 12.6. The third kappa shape index (κ3) is 2.13. The van der Waals surface area contributed by atoms with E-state index in [1.54, 1.807) is 11.3 Å². The van der Waals surface area contributed by atoms with E-state index in [1.165, 1.54) is 0 Å². The molecule has 3 nitrogen and oxygen atoms in total. The summed E-state index contributed by atoms with van der Waals surface area (Å²) in [5.41, 5.74) is 3.94. The van der Waals surface area contributed by atoms with Gasteiger partial charge in [-0.05, 0) is 28.5 Å². The molecule has 0 aliphatic heterocycles. The molecular formula is C16H10ClN3S. The molecule has 1 aromatic carbocycles. The molecule has 4 aromatic rings. The van der Waals surface area contributed by atoms with Crippen LogP contribution in [0.15, 0.2) is 59.4 Å². The molecule has 3 aromatic heterocycles. The van der Waals surface area contributed by atoms with Gasteiger partial charge in [-0.3, -0.25) is 4.40 Å². The largest absolute Gasteiger partial charge is 0.280 e. The van der Waals surface area contributed by atoms with E-state index < -0.39 is 0 Å². The first-order valence-corrected chi connectivity index (χ1v) is 7.77. The molecule has 21 heavy (non-hydrogen) atoms. The number of pyridine rings is 1. The molecule has 0 spiro atoms. The van der Waals surface area contributed by atoms with Crippen LogP contribution in [0.3, 0.4) is 0 Å². The predicted molar refractivity (Wildman–Crippen MR) is 86.7 cm³/mol. The highest BCUT2D eigenvalue weighted by Crippen LogP contribution is 2.30. The van der Waals surface area contributed by atoms with Crippen LogP contribution < -0.4 is 0 Å². The van der Waals surface area contributed by atoms with Gasteiger partial charge >= 0.3 is 0 Å². The first-order chi connectivity index (χ1) is 10.3. The molecule has 0 aliphatic rings. The van der Waals surface area contributed by atoms with Crippen molar-refractivity contribution in [2.45, 2.75) is 0 Å². The Morgan fingerprint density at radius 2 is 1.86 bits per heavy atom. The fraction of sp³-hybridized carbons (Fsp3) is 0. The van der Waals surface area contributed by atoms with Crippen LogP contribution in [0.25, 0.3) is 28.2 Å². The van der Waals surface area contributed by atoms with Gasteiger partial charge < -0.3 is 0 Å². The first-order valence-electron chi connectivity index (χ1n) is 6.45. The number of rotatable bonds is 2. The van der Waals surface area contributed by atoms with Crippen LogP contribution in [0, 0.1) is 0 Å². The molecule has 0 N–H and O–H groups in total. The van der Waals surface area contributed by atoms with Crippen molar-refractivity contribution in [1.29, 1.82) is 0 Å². The highest BCUT2D eigenvalue weighted by Gasteiger charge is 2.13. The monoisotopic (exact) mass is 311 g/mol. The summed E-state index contributed by atoms with van der Waals surface area (Å²) in [5, 5.41) is 13.5. The molecule has 0 saturated carbocycles. The Labute approximate surface area is 130 Å². The summed E-state index contributed by atoms with van der Waals surface area (Å²) in [6, 6.07) is 14.0. The maximum atomic E-state index is 6.28. The number of nitrogens with zero attached hydrogens (tertiary/aromatic N) is 3. The van der Waals surface area contributed by atoms with Gasteiger partial charge in [-0.25, -0.2) is 0 Å². The van der Waals surface area contributed by atoms with Crippen molar-refractivity contribution in [2.75, 3.05) is 0 Å². The number of fused-ring (bicyclic) bond motifs is 1. The van der Waals surface area contributed by atoms with Crippen molar-refractivity contribution in [3.8, 4) is 22.5 Å². The van der Waals surface area contributed by atoms with Crippen molar-refractivity contribution >= 4 is 28.6 Å². The Morgan fingerprint density at radius 1 is 1.00 bits per heavy atom. The van der Waals surface area contributed by atoms with E-state index in [1.807, 2.05) is 52.4 Å². The highest BCUT2D eigenvalue weighted by molar-refractivity contribution is 7.08. The number of hydrogen-bond donors (Lipinski definition) is 0. The van der Waals surface area contributed by atoms with Crippen molar-refractivity contribution in [3.63, 3.8) is 0 Å². The lowest BCUT2D eigenvalue weighted by Gasteiger charge is -2.04. The zero-order valence-electron chi connectivity index (χ0n) is 10.9. The van der Waals surface area contributed by atoms with Gasteiger partial charge in [0, 0.05) is 17.3 Å². The third-order valence-electron chi connectivity index (χ3n) is 3.34. The highest BCUT2D eigenvalue weighted by atomic mass is 35.5. The maximum Gasteiger partial charge on any atom is 0.169 e. The zero-order valence-corrected chi connectivity index (χ0v) is 12.5. The SMILES string of the molecule is Clc1cc(-c2ccsc2)c2nnc(-c3ccccc3)n2c1. The second-order valence-electron chi connectivity index (χ2n) is 4.67. The van der Waals surface area contributed by atoms with Crippen molar-refractivity contribution in [3.05, 3.63) is 64.4 Å². The summed E-state index contributed by atoms with van der Waals surface area (Å²) < 4.78 is 1.95. The van der Waals surface area contributed by atoms with Crippen LogP contribution in [-0.2, 0) is 0 Å². The maximum absolute atomic E-state index is 6.28. The summed E-state index contributed by atoms with van der Waals surface area (Å²) in [6.45, 7) is 0. The van der Waals surface area contributed by atoms with E-state index >= 15 is 0 Å². The Hall–Kier alpha value is -2.17. The van der Waals surface area contributed by atoms with Gasteiger partial charge in [0.15, 0.2) is 11.5 Å². The summed E-state index contributed by atoms with van der Waals surface area (Å²) in [7, 11) is 0. The number of thiophene rings is 1. The van der Waals surface area contributed by atoms with Crippen LogP contribution in [-0.4, -0.2) is 14.6 Å². The number of aromatic nitrogens is 3. The lowest BCUT2D eigenvalue weighted by Crippen LogP contribution is -1.91. The fourth-order valence-electron chi connectivity index (χ4n) is 2.37. The van der Waals surface area contributed by atoms with E-state index in [0.29, 0.717) is 5.02 Å². The smallest absolute Gasteiger partial charge is 0.169 e. The Bertz CT molecular complexity index is 898. The predicted octanol–water partition coefficient (Wildman–Crippen LogP) is 4.78. The molecule has 102 valence electrons. The molecule has 4 rings (SSSR count). The summed E-state index contributed by atoms with van der Waals surface area (Å²) in [6.07, 6.45) is 1.86. The van der Waals surface area contributed by atoms with Crippen LogP contribution in [0.4, 0.5) is 0 Å². The average molecular weight is 312 g/mol. The average Bonchev–Trinajstić information content (AvgIpc) is 3.17. The molecule has 0 fully saturated rings. The lowest BCUT2D eigenvalue weighted by atomic mass is 10.1. The number of hydrogen-bond acceptors (Lipinski definition) is 3. The van der Waals surface area contributed by atoms with E-state index in [2.05, 4.69) is 21.6 Å². The van der Waals surface area contributed by atoms with E-state index in [0.717, 1.165) is 28.2 Å². The zero-order chi connectivity index (χ0) is 14.2. The summed E-state index contributed by atoms with van der Waals surface area (Å²) in [4.78, 5) is 0. The number of benzene rings is 1. The standard InChI is InChI=1S/C16H10ClN3S/c17-13-8-14(12-6-7-21-10-12)16-19-18-15(20(16)9-13)11-4-2-1-3-5-11/h1-10H. The van der Waals surface area contributed by atoms with E-state index in [9.17, 15) is 0 Å². The Balaban J connectivity index is 2.01.